The second-order valence-corrected chi connectivity index (χ2v) is 8.03. The summed E-state index contributed by atoms with van der Waals surface area (Å²) in [4.78, 5) is 27.3. The van der Waals surface area contributed by atoms with E-state index in [1.165, 1.54) is 0 Å². The minimum Gasteiger partial charge on any atom is -0.376 e. The van der Waals surface area contributed by atoms with Crippen LogP contribution in [0.4, 0.5) is 5.69 Å². The maximum Gasteiger partial charge on any atom is 0.258 e. The van der Waals surface area contributed by atoms with E-state index in [9.17, 15) is 9.59 Å². The number of anilines is 1. The second-order valence-electron chi connectivity index (χ2n) is 8.03. The minimum atomic E-state index is -0.0588. The Morgan fingerprint density at radius 3 is 2.22 bits per heavy atom. The van der Waals surface area contributed by atoms with E-state index in [1.807, 2.05) is 84.9 Å². The molecule has 0 bridgehead atoms. The minimum absolute atomic E-state index is 0.0187. The molecule has 2 amide bonds. The van der Waals surface area contributed by atoms with Crippen LogP contribution in [-0.2, 0) is 22.5 Å². The average molecular weight is 429 g/mol. The fraction of sp³-hybridized carbons (Fsp3) is 0.259. The molecule has 32 heavy (non-hydrogen) atoms. The molecule has 0 aromatic heterocycles. The third-order valence-electron chi connectivity index (χ3n) is 5.61. The number of nitrogens with one attached hydrogen (secondary N) is 1. The highest BCUT2D eigenvalue weighted by atomic mass is 16.5. The Labute approximate surface area is 189 Å². The van der Waals surface area contributed by atoms with Crippen molar-refractivity contribution in [3.05, 3.63) is 102 Å². The Morgan fingerprint density at radius 2 is 1.56 bits per heavy atom. The second kappa shape index (κ2) is 10.7. The highest BCUT2D eigenvalue weighted by molar-refractivity contribution is 6.06. The maximum absolute atomic E-state index is 13.3. The van der Waals surface area contributed by atoms with Gasteiger partial charge in [0, 0.05) is 24.4 Å². The van der Waals surface area contributed by atoms with Crippen LogP contribution in [0.5, 0.6) is 0 Å². The summed E-state index contributed by atoms with van der Waals surface area (Å²) >= 11 is 0. The average Bonchev–Trinajstić information content (AvgIpc) is 3.37. The van der Waals surface area contributed by atoms with Crippen LogP contribution in [0.2, 0.25) is 0 Å². The van der Waals surface area contributed by atoms with Gasteiger partial charge >= 0.3 is 0 Å². The lowest BCUT2D eigenvalue weighted by Crippen LogP contribution is -2.32. The molecule has 0 unspecified atom stereocenters. The van der Waals surface area contributed by atoms with Crippen LogP contribution in [-0.4, -0.2) is 31.1 Å². The largest absolute Gasteiger partial charge is 0.376 e. The number of rotatable bonds is 8. The Hall–Kier alpha value is -3.44. The van der Waals surface area contributed by atoms with Gasteiger partial charge in [-0.25, -0.2) is 0 Å². The zero-order valence-corrected chi connectivity index (χ0v) is 18.1. The fourth-order valence-corrected chi connectivity index (χ4v) is 3.86. The van der Waals surface area contributed by atoms with Gasteiger partial charge in [0.05, 0.1) is 19.1 Å². The molecule has 5 heteroatoms. The first-order chi connectivity index (χ1) is 15.7. The topological polar surface area (TPSA) is 58.6 Å². The number of hydrogen-bond acceptors (Lipinski definition) is 3. The summed E-state index contributed by atoms with van der Waals surface area (Å²) in [6, 6.07) is 26.9. The van der Waals surface area contributed by atoms with Gasteiger partial charge in [-0.05, 0) is 48.2 Å². The molecule has 1 aliphatic rings. The van der Waals surface area contributed by atoms with Gasteiger partial charge in [0.15, 0.2) is 0 Å². The van der Waals surface area contributed by atoms with Crippen LogP contribution in [0.15, 0.2) is 84.9 Å². The molecule has 1 aliphatic heterocycles. The lowest BCUT2D eigenvalue weighted by Gasteiger charge is -2.23. The van der Waals surface area contributed by atoms with Crippen molar-refractivity contribution in [2.75, 3.05) is 18.1 Å². The number of benzene rings is 3. The Kier molecular flexibility index (Phi) is 7.31. The Balaban J connectivity index is 1.45. The van der Waals surface area contributed by atoms with E-state index in [0.29, 0.717) is 25.1 Å². The number of hydrogen-bond donors (Lipinski definition) is 1. The van der Waals surface area contributed by atoms with E-state index in [4.69, 9.17) is 4.74 Å². The first-order valence-corrected chi connectivity index (χ1v) is 11.1. The van der Waals surface area contributed by atoms with E-state index < -0.39 is 0 Å². The van der Waals surface area contributed by atoms with E-state index in [0.717, 1.165) is 36.3 Å². The van der Waals surface area contributed by atoms with Crippen molar-refractivity contribution in [3.63, 3.8) is 0 Å². The molecule has 1 heterocycles. The predicted molar refractivity (Wildman–Crippen MR) is 126 cm³/mol. The van der Waals surface area contributed by atoms with Gasteiger partial charge in [-0.3, -0.25) is 9.59 Å². The van der Waals surface area contributed by atoms with Crippen molar-refractivity contribution in [2.24, 2.45) is 0 Å². The smallest absolute Gasteiger partial charge is 0.258 e. The third kappa shape index (κ3) is 5.83. The zero-order valence-electron chi connectivity index (χ0n) is 18.1. The molecular formula is C27H28N2O3. The summed E-state index contributed by atoms with van der Waals surface area (Å²) in [5, 5.41) is 2.95. The van der Waals surface area contributed by atoms with Gasteiger partial charge in [-0.2, -0.15) is 0 Å². The number of ether oxygens (including phenoxy) is 1. The number of amides is 2. The molecule has 3 aromatic carbocycles. The van der Waals surface area contributed by atoms with E-state index in [-0.39, 0.29) is 17.9 Å². The lowest BCUT2D eigenvalue weighted by atomic mass is 10.1. The fourth-order valence-electron chi connectivity index (χ4n) is 3.86. The first kappa shape index (κ1) is 21.8. The molecule has 0 aliphatic carbocycles. The predicted octanol–water partition coefficient (Wildman–Crippen LogP) is 4.37. The summed E-state index contributed by atoms with van der Waals surface area (Å²) in [5.74, 6) is -0.0775. The molecule has 4 rings (SSSR count). The summed E-state index contributed by atoms with van der Waals surface area (Å²) in [5.41, 5.74) is 3.40. The molecule has 1 saturated heterocycles. The van der Waals surface area contributed by atoms with Gasteiger partial charge in [-0.1, -0.05) is 60.7 Å². The highest BCUT2D eigenvalue weighted by Gasteiger charge is 2.19. The molecule has 1 atom stereocenters. The molecule has 1 fully saturated rings. The van der Waals surface area contributed by atoms with Crippen LogP contribution in [0.3, 0.4) is 0 Å². The third-order valence-corrected chi connectivity index (χ3v) is 5.61. The van der Waals surface area contributed by atoms with Gasteiger partial charge in [0.1, 0.15) is 0 Å². The van der Waals surface area contributed by atoms with E-state index in [2.05, 4.69) is 5.32 Å². The van der Waals surface area contributed by atoms with Crippen LogP contribution in [0.25, 0.3) is 0 Å². The standard InChI is InChI=1S/C27H28N2O3/c30-26(28-19-25-12-7-17-32-25)18-21-13-15-24(16-14-21)29(20-22-8-3-1-4-9-22)27(31)23-10-5-2-6-11-23/h1-6,8-11,13-16,25H,7,12,17-20H2,(H,28,30)/t25-/m0/s1. The normalized spacial score (nSPS) is 15.3. The molecule has 1 N–H and O–H groups in total. The maximum atomic E-state index is 13.3. The molecule has 5 nitrogen and oxygen atoms in total. The molecular weight excluding hydrogens is 400 g/mol. The summed E-state index contributed by atoms with van der Waals surface area (Å²) < 4.78 is 5.55. The molecule has 0 radical (unpaired) electrons. The van der Waals surface area contributed by atoms with E-state index in [1.54, 1.807) is 4.90 Å². The van der Waals surface area contributed by atoms with Crippen LogP contribution >= 0.6 is 0 Å². The zero-order chi connectivity index (χ0) is 22.2. The van der Waals surface area contributed by atoms with Crippen LogP contribution in [0, 0.1) is 0 Å². The lowest BCUT2D eigenvalue weighted by molar-refractivity contribution is -0.120. The van der Waals surface area contributed by atoms with Crippen molar-refractivity contribution in [1.29, 1.82) is 0 Å². The summed E-state index contributed by atoms with van der Waals surface area (Å²) in [6.07, 6.45) is 2.50. The van der Waals surface area contributed by atoms with Crippen LogP contribution in [0.1, 0.15) is 34.3 Å². The number of carbonyl (C=O) groups excluding carboxylic acids is 2. The monoisotopic (exact) mass is 428 g/mol. The van der Waals surface area contributed by atoms with Gasteiger partial charge in [0.25, 0.3) is 5.91 Å². The summed E-state index contributed by atoms with van der Waals surface area (Å²) in [6.45, 7) is 1.81. The summed E-state index contributed by atoms with van der Waals surface area (Å²) in [7, 11) is 0. The van der Waals surface area contributed by atoms with Crippen LogP contribution < -0.4 is 10.2 Å². The van der Waals surface area contributed by atoms with E-state index >= 15 is 0 Å². The van der Waals surface area contributed by atoms with Crippen molar-refractivity contribution in [3.8, 4) is 0 Å². The quantitative estimate of drug-likeness (QED) is 0.580. The first-order valence-electron chi connectivity index (χ1n) is 11.1. The molecule has 3 aromatic rings. The van der Waals surface area contributed by atoms with Crippen molar-refractivity contribution < 1.29 is 14.3 Å². The van der Waals surface area contributed by atoms with Crippen molar-refractivity contribution >= 4 is 17.5 Å². The highest BCUT2D eigenvalue weighted by Crippen LogP contribution is 2.21. The Morgan fingerprint density at radius 1 is 0.875 bits per heavy atom. The number of carbonyl (C=O) groups is 2. The number of nitrogens with zero attached hydrogens (tertiary/aromatic N) is 1. The SMILES string of the molecule is O=C(Cc1ccc(N(Cc2ccccc2)C(=O)c2ccccc2)cc1)NC[C@@H]1CCCO1. The molecule has 0 spiro atoms. The molecule has 0 saturated carbocycles. The van der Waals surface area contributed by atoms with Gasteiger partial charge in [-0.15, -0.1) is 0 Å². The van der Waals surface area contributed by atoms with Gasteiger partial charge < -0.3 is 15.0 Å². The Bertz CT molecular complexity index is 1010. The van der Waals surface area contributed by atoms with Crippen molar-refractivity contribution in [2.45, 2.75) is 31.9 Å². The van der Waals surface area contributed by atoms with Gasteiger partial charge in [0.2, 0.25) is 5.91 Å². The molecule has 164 valence electrons. The van der Waals surface area contributed by atoms with Crippen molar-refractivity contribution in [1.82, 2.24) is 5.32 Å².